The van der Waals surface area contributed by atoms with Crippen molar-refractivity contribution in [3.05, 3.63) is 0 Å². The van der Waals surface area contributed by atoms with Crippen molar-refractivity contribution < 1.29 is 34.6 Å². The normalized spacial score (nSPS) is 8.29. The first-order chi connectivity index (χ1) is 2.00. The van der Waals surface area contributed by atoms with Gasteiger partial charge in [0.25, 0.3) is 0 Å². The van der Waals surface area contributed by atoms with Crippen molar-refractivity contribution >= 4 is 10.4 Å². The Morgan fingerprint density at radius 2 is 1.43 bits per heavy atom. The van der Waals surface area contributed by atoms with Gasteiger partial charge in [-0.05, 0) is 0 Å². The molecule has 0 rings (SSSR count). The summed E-state index contributed by atoms with van der Waals surface area (Å²) in [6.07, 6.45) is 0. The molecule has 0 bridgehead atoms. The van der Waals surface area contributed by atoms with Gasteiger partial charge in [0.05, 0.1) is 0 Å². The van der Waals surface area contributed by atoms with Gasteiger partial charge in [0.1, 0.15) is 0 Å². The van der Waals surface area contributed by atoms with Crippen LogP contribution in [0.15, 0.2) is 0 Å². The standard InChI is InChI=1S/Fe.H3N.H2O4S/c;;1-5(2,3)4/h;1H3;(H2,1,2,3,4)/p-1. The Bertz CT molecular complexity index is 94.9. The maximum absolute atomic E-state index is 8.63. The van der Waals surface area contributed by atoms with Gasteiger partial charge in [-0.25, -0.2) is 8.42 Å². The van der Waals surface area contributed by atoms with E-state index in [9.17, 15) is 0 Å². The second kappa shape index (κ2) is 4.51. The fourth-order valence-electron chi connectivity index (χ4n) is 0. The zero-order valence-corrected chi connectivity index (χ0v) is 5.06. The molecule has 0 atom stereocenters. The molecule has 0 saturated carbocycles. The first-order valence-corrected chi connectivity index (χ1v) is 2.05. The average molecular weight is 170 g/mol. The smallest absolute Gasteiger partial charge is 0.215 e. The molecule has 7 heteroatoms. The van der Waals surface area contributed by atoms with Gasteiger partial charge in [0.2, 0.25) is 10.4 Å². The second-order valence-corrected chi connectivity index (χ2v) is 1.28. The quantitative estimate of drug-likeness (QED) is 0.279. The van der Waals surface area contributed by atoms with Gasteiger partial charge in [0, 0.05) is 17.1 Å². The van der Waals surface area contributed by atoms with Crippen molar-refractivity contribution in [2.45, 2.75) is 0 Å². The Labute approximate surface area is 51.7 Å². The molecule has 7 heavy (non-hydrogen) atoms. The molecule has 48 valence electrons. The molecule has 0 fully saturated rings. The summed E-state index contributed by atoms with van der Waals surface area (Å²) in [5.74, 6) is 0. The minimum Gasteiger partial charge on any atom is -0.726 e. The van der Waals surface area contributed by atoms with Crippen LogP contribution in [0.1, 0.15) is 0 Å². The van der Waals surface area contributed by atoms with E-state index in [0.29, 0.717) is 0 Å². The molecule has 0 aliphatic carbocycles. The number of hydrogen-bond donors (Lipinski definition) is 2. The SMILES string of the molecule is N.O=S(=O)([O-])O.[Fe]. The van der Waals surface area contributed by atoms with Crippen LogP contribution in [0.2, 0.25) is 0 Å². The number of rotatable bonds is 0. The van der Waals surface area contributed by atoms with Crippen molar-refractivity contribution in [2.75, 3.05) is 0 Å². The number of hydrogen-bond acceptors (Lipinski definition) is 4. The molecule has 0 unspecified atom stereocenters. The molecule has 0 aromatic heterocycles. The Morgan fingerprint density at radius 1 is 1.43 bits per heavy atom. The predicted molar refractivity (Wildman–Crippen MR) is 17.3 cm³/mol. The van der Waals surface area contributed by atoms with E-state index in [0.717, 1.165) is 0 Å². The molecule has 0 aromatic carbocycles. The molecule has 0 heterocycles. The van der Waals surface area contributed by atoms with E-state index in [4.69, 9.17) is 17.5 Å². The molecule has 0 amide bonds. The minimum atomic E-state index is -4.92. The van der Waals surface area contributed by atoms with E-state index >= 15 is 0 Å². The van der Waals surface area contributed by atoms with Crippen LogP contribution < -0.4 is 6.15 Å². The van der Waals surface area contributed by atoms with E-state index in [2.05, 4.69) is 0 Å². The third-order valence-electron chi connectivity index (χ3n) is 0. The van der Waals surface area contributed by atoms with Crippen LogP contribution in [-0.4, -0.2) is 17.5 Å². The maximum Gasteiger partial charge on any atom is 0.215 e. The van der Waals surface area contributed by atoms with Crippen LogP contribution in [-0.2, 0) is 27.5 Å². The van der Waals surface area contributed by atoms with Crippen LogP contribution >= 0.6 is 0 Å². The van der Waals surface area contributed by atoms with Crippen molar-refractivity contribution in [2.24, 2.45) is 0 Å². The summed E-state index contributed by atoms with van der Waals surface area (Å²) in [4.78, 5) is 0. The van der Waals surface area contributed by atoms with Gasteiger partial charge in [-0.2, -0.15) is 0 Å². The molecule has 5 nitrogen and oxygen atoms in total. The van der Waals surface area contributed by atoms with Gasteiger partial charge in [-0.15, -0.1) is 0 Å². The van der Waals surface area contributed by atoms with E-state index in [1.54, 1.807) is 0 Å². The summed E-state index contributed by atoms with van der Waals surface area (Å²) in [7, 11) is -4.92. The molecule has 0 aliphatic heterocycles. The van der Waals surface area contributed by atoms with Gasteiger partial charge >= 0.3 is 0 Å². The van der Waals surface area contributed by atoms with E-state index in [1.807, 2.05) is 0 Å². The summed E-state index contributed by atoms with van der Waals surface area (Å²) in [6.45, 7) is 0. The molecule has 0 radical (unpaired) electrons. The van der Waals surface area contributed by atoms with Gasteiger partial charge in [-0.3, -0.25) is 4.55 Å². The summed E-state index contributed by atoms with van der Waals surface area (Å²) in [6, 6.07) is 0. The van der Waals surface area contributed by atoms with Crippen molar-refractivity contribution in [3.63, 3.8) is 0 Å². The topological polar surface area (TPSA) is 112 Å². The largest absolute Gasteiger partial charge is 0.726 e. The van der Waals surface area contributed by atoms with Crippen LogP contribution in [0.3, 0.4) is 0 Å². The van der Waals surface area contributed by atoms with Crippen LogP contribution in [0.5, 0.6) is 0 Å². The first kappa shape index (κ1) is 15.7. The summed E-state index contributed by atoms with van der Waals surface area (Å²) in [5, 5.41) is 0. The van der Waals surface area contributed by atoms with E-state index < -0.39 is 10.4 Å². The molecular formula is H4FeNO4S-. The fourth-order valence-corrected chi connectivity index (χ4v) is 0. The predicted octanol–water partition coefficient (Wildman–Crippen LogP) is -0.836. The van der Waals surface area contributed by atoms with E-state index in [1.165, 1.54) is 0 Å². The van der Waals surface area contributed by atoms with Gasteiger partial charge in [-0.1, -0.05) is 0 Å². The van der Waals surface area contributed by atoms with E-state index in [-0.39, 0.29) is 23.2 Å². The molecule has 0 spiro atoms. The zero-order valence-electron chi connectivity index (χ0n) is 3.14. The molecular weight excluding hydrogens is 166 g/mol. The van der Waals surface area contributed by atoms with Crippen molar-refractivity contribution in [3.8, 4) is 0 Å². The molecule has 0 aliphatic rings. The van der Waals surface area contributed by atoms with Crippen LogP contribution in [0.4, 0.5) is 0 Å². The monoisotopic (exact) mass is 170 g/mol. The van der Waals surface area contributed by atoms with Crippen LogP contribution in [0.25, 0.3) is 0 Å². The van der Waals surface area contributed by atoms with Crippen molar-refractivity contribution in [1.82, 2.24) is 6.15 Å². The average Bonchev–Trinajstić information content (AvgIpc) is 0.722. The Kier molecular flexibility index (Phi) is 10.1. The third-order valence-corrected chi connectivity index (χ3v) is 0. The van der Waals surface area contributed by atoms with Crippen LogP contribution in [0, 0.1) is 0 Å². The Balaban J connectivity index is -0.0000000800. The molecule has 0 saturated heterocycles. The van der Waals surface area contributed by atoms with Gasteiger partial charge < -0.3 is 10.7 Å². The second-order valence-electron chi connectivity index (χ2n) is 0.428. The Hall–Kier alpha value is 0.349. The summed E-state index contributed by atoms with van der Waals surface area (Å²) >= 11 is 0. The third kappa shape index (κ3) is 983. The first-order valence-electron chi connectivity index (χ1n) is 0.683. The minimum absolute atomic E-state index is 0. The molecule has 4 N–H and O–H groups in total. The summed E-state index contributed by atoms with van der Waals surface area (Å²) in [5.41, 5.74) is 0. The maximum atomic E-state index is 8.63. The van der Waals surface area contributed by atoms with Crippen molar-refractivity contribution in [1.29, 1.82) is 0 Å². The Morgan fingerprint density at radius 3 is 1.43 bits per heavy atom. The van der Waals surface area contributed by atoms with Gasteiger partial charge in [0.15, 0.2) is 0 Å². The summed E-state index contributed by atoms with van der Waals surface area (Å²) < 4.78 is 32.8. The fraction of sp³-hybridized carbons (Fsp3) is 0. The molecule has 0 aromatic rings. The zero-order chi connectivity index (χ0) is 4.50.